The van der Waals surface area contributed by atoms with E-state index in [1.807, 2.05) is 13.8 Å². The molecular weight excluding hydrogens is 280 g/mol. The molecule has 0 fully saturated rings. The van der Waals surface area contributed by atoms with Crippen molar-refractivity contribution in [2.45, 2.75) is 18.7 Å². The Morgan fingerprint density at radius 1 is 1.30 bits per heavy atom. The number of likely N-dealkylation sites (N-methyl/N-ethyl adjacent to an activating group) is 1. The maximum atomic E-state index is 12.3. The summed E-state index contributed by atoms with van der Waals surface area (Å²) in [5.41, 5.74) is 1.89. The van der Waals surface area contributed by atoms with Crippen LogP contribution in [0, 0.1) is 13.8 Å². The van der Waals surface area contributed by atoms with Gasteiger partial charge in [-0.1, -0.05) is 6.07 Å². The zero-order chi connectivity index (χ0) is 15.3. The van der Waals surface area contributed by atoms with E-state index < -0.39 is 15.9 Å². The van der Waals surface area contributed by atoms with Crippen LogP contribution < -0.4 is 5.32 Å². The lowest BCUT2D eigenvalue weighted by Crippen LogP contribution is -2.39. The molecule has 1 aromatic rings. The summed E-state index contributed by atoms with van der Waals surface area (Å²) in [6, 6.07) is 4.86. The summed E-state index contributed by atoms with van der Waals surface area (Å²) in [5.74, 6) is -0.450. The average molecular weight is 300 g/mol. The number of nitrogens with zero attached hydrogens (tertiary/aromatic N) is 1. The highest BCUT2D eigenvalue weighted by molar-refractivity contribution is 7.89. The minimum atomic E-state index is -3.69. The van der Waals surface area contributed by atoms with Gasteiger partial charge in [0.15, 0.2) is 0 Å². The molecular formula is C13H20N2O4S. The van der Waals surface area contributed by atoms with Crippen LogP contribution in [0.1, 0.15) is 11.1 Å². The van der Waals surface area contributed by atoms with Crippen LogP contribution in [-0.2, 0) is 14.8 Å². The molecule has 20 heavy (non-hydrogen) atoms. The van der Waals surface area contributed by atoms with E-state index in [9.17, 15) is 13.2 Å². The van der Waals surface area contributed by atoms with E-state index in [0.717, 1.165) is 15.4 Å². The van der Waals surface area contributed by atoms with Gasteiger partial charge in [0.2, 0.25) is 15.9 Å². The molecule has 112 valence electrons. The monoisotopic (exact) mass is 300 g/mol. The molecule has 1 rings (SSSR count). The van der Waals surface area contributed by atoms with E-state index in [0.29, 0.717) is 0 Å². The van der Waals surface area contributed by atoms with Crippen LogP contribution in [-0.4, -0.2) is 50.5 Å². The minimum Gasteiger partial charge on any atom is -0.395 e. The second-order valence-corrected chi connectivity index (χ2v) is 6.63. The fourth-order valence-electron chi connectivity index (χ4n) is 1.59. The number of sulfonamides is 1. The first-order chi connectivity index (χ1) is 9.28. The first-order valence-electron chi connectivity index (χ1n) is 6.20. The predicted molar refractivity (Wildman–Crippen MR) is 75.8 cm³/mol. The number of rotatable bonds is 6. The standard InChI is InChI=1S/C13H20N2O4S/c1-10-4-5-12(8-11(10)2)20(18,19)15(3)9-13(17)14-6-7-16/h4-5,8,16H,6-7,9H2,1-3H3,(H,14,17). The minimum absolute atomic E-state index is 0.108. The molecule has 6 nitrogen and oxygen atoms in total. The van der Waals surface area contributed by atoms with Crippen molar-refractivity contribution in [2.24, 2.45) is 0 Å². The van der Waals surface area contributed by atoms with Crippen molar-refractivity contribution in [1.29, 1.82) is 0 Å². The predicted octanol–water partition coefficient (Wildman–Crippen LogP) is 0.0324. The molecule has 0 heterocycles. The van der Waals surface area contributed by atoms with Crippen molar-refractivity contribution in [3.8, 4) is 0 Å². The van der Waals surface area contributed by atoms with Crippen LogP contribution in [0.3, 0.4) is 0 Å². The normalized spacial score (nSPS) is 11.7. The molecule has 0 unspecified atom stereocenters. The zero-order valence-corrected chi connectivity index (χ0v) is 12.7. The molecule has 2 N–H and O–H groups in total. The van der Waals surface area contributed by atoms with Gasteiger partial charge in [0.05, 0.1) is 18.0 Å². The second-order valence-electron chi connectivity index (χ2n) is 4.58. The zero-order valence-electron chi connectivity index (χ0n) is 11.9. The first-order valence-corrected chi connectivity index (χ1v) is 7.64. The summed E-state index contributed by atoms with van der Waals surface area (Å²) in [7, 11) is -2.34. The van der Waals surface area contributed by atoms with E-state index >= 15 is 0 Å². The van der Waals surface area contributed by atoms with E-state index in [1.165, 1.54) is 13.1 Å². The van der Waals surface area contributed by atoms with Crippen LogP contribution in [0.15, 0.2) is 23.1 Å². The number of aliphatic hydroxyl groups excluding tert-OH is 1. The van der Waals surface area contributed by atoms with E-state index in [1.54, 1.807) is 12.1 Å². The van der Waals surface area contributed by atoms with Gasteiger partial charge >= 0.3 is 0 Å². The van der Waals surface area contributed by atoms with Crippen LogP contribution >= 0.6 is 0 Å². The lowest BCUT2D eigenvalue weighted by atomic mass is 10.1. The molecule has 0 atom stereocenters. The number of hydrogen-bond acceptors (Lipinski definition) is 4. The lowest BCUT2D eigenvalue weighted by Gasteiger charge is -2.17. The maximum Gasteiger partial charge on any atom is 0.243 e. The highest BCUT2D eigenvalue weighted by Crippen LogP contribution is 2.17. The van der Waals surface area contributed by atoms with Crippen molar-refractivity contribution >= 4 is 15.9 Å². The van der Waals surface area contributed by atoms with E-state index in [-0.39, 0.29) is 24.6 Å². The van der Waals surface area contributed by atoms with Gasteiger partial charge < -0.3 is 10.4 Å². The quantitative estimate of drug-likeness (QED) is 0.776. The molecule has 0 saturated heterocycles. The number of aryl methyl sites for hydroxylation is 2. The van der Waals surface area contributed by atoms with Crippen molar-refractivity contribution < 1.29 is 18.3 Å². The Bertz CT molecular complexity index is 584. The van der Waals surface area contributed by atoms with Gasteiger partial charge in [-0.15, -0.1) is 0 Å². The van der Waals surface area contributed by atoms with Gasteiger partial charge in [0, 0.05) is 13.6 Å². The summed E-state index contributed by atoms with van der Waals surface area (Å²) in [6.45, 7) is 3.38. The van der Waals surface area contributed by atoms with Gasteiger partial charge in [-0.2, -0.15) is 4.31 Å². The lowest BCUT2D eigenvalue weighted by molar-refractivity contribution is -0.121. The number of hydrogen-bond donors (Lipinski definition) is 2. The Kier molecular flexibility index (Phi) is 5.67. The second kappa shape index (κ2) is 6.83. The first kappa shape index (κ1) is 16.6. The maximum absolute atomic E-state index is 12.3. The Morgan fingerprint density at radius 2 is 1.95 bits per heavy atom. The summed E-state index contributed by atoms with van der Waals surface area (Å²) in [5, 5.41) is 11.0. The Hall–Kier alpha value is -1.44. The number of carbonyl (C=O) groups excluding carboxylic acids is 1. The molecule has 0 aliphatic heterocycles. The molecule has 0 aromatic heterocycles. The molecule has 0 aliphatic carbocycles. The number of benzene rings is 1. The highest BCUT2D eigenvalue weighted by atomic mass is 32.2. The summed E-state index contributed by atoms with van der Waals surface area (Å²) < 4.78 is 25.6. The SMILES string of the molecule is Cc1ccc(S(=O)(=O)N(C)CC(=O)NCCO)cc1C. The Balaban J connectivity index is 2.87. The number of amides is 1. The fraction of sp³-hybridized carbons (Fsp3) is 0.462. The van der Waals surface area contributed by atoms with Crippen molar-refractivity contribution in [1.82, 2.24) is 9.62 Å². The summed E-state index contributed by atoms with van der Waals surface area (Å²) in [6.07, 6.45) is 0. The van der Waals surface area contributed by atoms with Gasteiger partial charge in [0.25, 0.3) is 0 Å². The van der Waals surface area contributed by atoms with Crippen LogP contribution in [0.25, 0.3) is 0 Å². The molecule has 1 aromatic carbocycles. The average Bonchev–Trinajstić information content (AvgIpc) is 2.39. The third-order valence-electron chi connectivity index (χ3n) is 2.99. The van der Waals surface area contributed by atoms with E-state index in [2.05, 4.69) is 5.32 Å². The van der Waals surface area contributed by atoms with Gasteiger partial charge in [-0.05, 0) is 37.1 Å². The molecule has 0 aliphatic rings. The van der Waals surface area contributed by atoms with Gasteiger partial charge in [-0.3, -0.25) is 4.79 Å². The summed E-state index contributed by atoms with van der Waals surface area (Å²) >= 11 is 0. The number of carbonyl (C=O) groups is 1. The largest absolute Gasteiger partial charge is 0.395 e. The molecule has 1 amide bonds. The number of nitrogens with one attached hydrogen (secondary N) is 1. The Morgan fingerprint density at radius 3 is 2.50 bits per heavy atom. The molecule has 0 spiro atoms. The van der Waals surface area contributed by atoms with Crippen molar-refractivity contribution in [2.75, 3.05) is 26.7 Å². The van der Waals surface area contributed by atoms with Crippen molar-refractivity contribution in [3.05, 3.63) is 29.3 Å². The van der Waals surface area contributed by atoms with Crippen LogP contribution in [0.5, 0.6) is 0 Å². The smallest absolute Gasteiger partial charge is 0.243 e. The van der Waals surface area contributed by atoms with E-state index in [4.69, 9.17) is 5.11 Å². The molecule has 7 heteroatoms. The summed E-state index contributed by atoms with van der Waals surface area (Å²) in [4.78, 5) is 11.6. The van der Waals surface area contributed by atoms with Crippen molar-refractivity contribution in [3.63, 3.8) is 0 Å². The molecule has 0 saturated carbocycles. The van der Waals surface area contributed by atoms with Crippen LogP contribution in [0.4, 0.5) is 0 Å². The highest BCUT2D eigenvalue weighted by Gasteiger charge is 2.23. The van der Waals surface area contributed by atoms with Crippen LogP contribution in [0.2, 0.25) is 0 Å². The third-order valence-corrected chi connectivity index (χ3v) is 4.79. The third kappa shape index (κ3) is 4.03. The Labute approximate surface area is 119 Å². The molecule has 0 bridgehead atoms. The number of aliphatic hydroxyl groups is 1. The fourth-order valence-corrected chi connectivity index (χ4v) is 2.81. The topological polar surface area (TPSA) is 86.7 Å². The molecule has 0 radical (unpaired) electrons. The van der Waals surface area contributed by atoms with Gasteiger partial charge in [-0.25, -0.2) is 8.42 Å². The van der Waals surface area contributed by atoms with Gasteiger partial charge in [0.1, 0.15) is 0 Å².